The SMILES string of the molecule is CC(C)(C(=O)Nc1cc(N)cc(F)c1)c1ccccc1. The van der Waals surface area contributed by atoms with Crippen molar-refractivity contribution in [1.29, 1.82) is 0 Å². The first kappa shape index (κ1) is 14.1. The molecule has 0 aliphatic carbocycles. The molecule has 0 atom stereocenters. The van der Waals surface area contributed by atoms with Gasteiger partial charge in [-0.05, 0) is 37.6 Å². The Morgan fingerprint density at radius 1 is 1.15 bits per heavy atom. The smallest absolute Gasteiger partial charge is 0.234 e. The molecule has 0 radical (unpaired) electrons. The van der Waals surface area contributed by atoms with Crippen molar-refractivity contribution in [3.05, 3.63) is 59.9 Å². The van der Waals surface area contributed by atoms with Gasteiger partial charge in [0.2, 0.25) is 5.91 Å². The van der Waals surface area contributed by atoms with Gasteiger partial charge in [0.1, 0.15) is 5.82 Å². The molecule has 0 fully saturated rings. The number of hydrogen-bond donors (Lipinski definition) is 2. The molecule has 0 aliphatic heterocycles. The zero-order valence-electron chi connectivity index (χ0n) is 11.5. The summed E-state index contributed by atoms with van der Waals surface area (Å²) in [5.41, 5.74) is 6.37. The van der Waals surface area contributed by atoms with E-state index in [2.05, 4.69) is 5.32 Å². The first-order valence-corrected chi connectivity index (χ1v) is 6.32. The summed E-state index contributed by atoms with van der Waals surface area (Å²) in [4.78, 5) is 12.4. The first-order chi connectivity index (χ1) is 9.39. The van der Waals surface area contributed by atoms with Crippen molar-refractivity contribution < 1.29 is 9.18 Å². The van der Waals surface area contributed by atoms with Crippen LogP contribution in [0.3, 0.4) is 0 Å². The average molecular weight is 272 g/mol. The zero-order chi connectivity index (χ0) is 14.8. The van der Waals surface area contributed by atoms with Gasteiger partial charge in [-0.15, -0.1) is 0 Å². The van der Waals surface area contributed by atoms with E-state index in [1.54, 1.807) is 0 Å². The standard InChI is InChI=1S/C16H17FN2O/c1-16(2,11-6-4-3-5-7-11)15(20)19-14-9-12(17)8-13(18)10-14/h3-10H,18H2,1-2H3,(H,19,20). The van der Waals surface area contributed by atoms with Crippen LogP contribution in [0.1, 0.15) is 19.4 Å². The molecule has 0 aromatic heterocycles. The van der Waals surface area contributed by atoms with Crippen LogP contribution in [0.25, 0.3) is 0 Å². The molecule has 0 bridgehead atoms. The highest BCUT2D eigenvalue weighted by Crippen LogP contribution is 2.25. The predicted molar refractivity (Wildman–Crippen MR) is 78.9 cm³/mol. The number of anilines is 2. The minimum Gasteiger partial charge on any atom is -0.399 e. The average Bonchev–Trinajstić information content (AvgIpc) is 2.38. The van der Waals surface area contributed by atoms with Crippen LogP contribution in [0.15, 0.2) is 48.5 Å². The molecule has 20 heavy (non-hydrogen) atoms. The van der Waals surface area contributed by atoms with Gasteiger partial charge in [-0.25, -0.2) is 4.39 Å². The number of nitrogens with two attached hydrogens (primary N) is 1. The molecule has 2 aromatic carbocycles. The van der Waals surface area contributed by atoms with Crippen LogP contribution in [0.5, 0.6) is 0 Å². The lowest BCUT2D eigenvalue weighted by atomic mass is 9.83. The van der Waals surface area contributed by atoms with Crippen molar-refractivity contribution in [2.24, 2.45) is 0 Å². The van der Waals surface area contributed by atoms with Crippen molar-refractivity contribution in [3.8, 4) is 0 Å². The number of nitrogens with one attached hydrogen (secondary N) is 1. The van der Waals surface area contributed by atoms with Gasteiger partial charge in [0.25, 0.3) is 0 Å². The molecular formula is C16H17FN2O. The fourth-order valence-electron chi connectivity index (χ4n) is 1.96. The highest BCUT2D eigenvalue weighted by Gasteiger charge is 2.29. The van der Waals surface area contributed by atoms with E-state index in [9.17, 15) is 9.18 Å². The third-order valence-electron chi connectivity index (χ3n) is 3.24. The van der Waals surface area contributed by atoms with Gasteiger partial charge in [0.05, 0.1) is 5.41 Å². The van der Waals surface area contributed by atoms with Gasteiger partial charge in [-0.3, -0.25) is 4.79 Å². The number of nitrogen functional groups attached to an aromatic ring is 1. The Morgan fingerprint density at radius 2 is 1.80 bits per heavy atom. The Kier molecular flexibility index (Phi) is 3.74. The quantitative estimate of drug-likeness (QED) is 0.842. The molecule has 3 nitrogen and oxygen atoms in total. The number of hydrogen-bond acceptors (Lipinski definition) is 2. The molecule has 2 rings (SSSR count). The second kappa shape index (κ2) is 5.33. The summed E-state index contributed by atoms with van der Waals surface area (Å²) < 4.78 is 13.3. The summed E-state index contributed by atoms with van der Waals surface area (Å²) in [5, 5.41) is 2.70. The number of carbonyl (C=O) groups excluding carboxylic acids is 1. The van der Waals surface area contributed by atoms with Crippen LogP contribution < -0.4 is 11.1 Å². The lowest BCUT2D eigenvalue weighted by Crippen LogP contribution is -2.34. The Morgan fingerprint density at radius 3 is 2.40 bits per heavy atom. The summed E-state index contributed by atoms with van der Waals surface area (Å²) in [6.07, 6.45) is 0. The lowest BCUT2D eigenvalue weighted by molar-refractivity contribution is -0.120. The molecule has 0 unspecified atom stereocenters. The first-order valence-electron chi connectivity index (χ1n) is 6.32. The number of carbonyl (C=O) groups is 1. The predicted octanol–water partition coefficient (Wildman–Crippen LogP) is 3.32. The Balaban J connectivity index is 2.23. The van der Waals surface area contributed by atoms with Crippen LogP contribution in [0.2, 0.25) is 0 Å². The summed E-state index contributed by atoms with van der Waals surface area (Å²) in [7, 11) is 0. The maximum atomic E-state index is 13.3. The van der Waals surface area contributed by atoms with Crippen LogP contribution in [-0.4, -0.2) is 5.91 Å². The van der Waals surface area contributed by atoms with Crippen molar-refractivity contribution in [2.75, 3.05) is 11.1 Å². The minimum absolute atomic E-state index is 0.214. The van der Waals surface area contributed by atoms with E-state index in [-0.39, 0.29) is 11.6 Å². The number of halogens is 1. The number of rotatable bonds is 3. The molecule has 0 saturated carbocycles. The van der Waals surface area contributed by atoms with E-state index < -0.39 is 11.2 Å². The fraction of sp³-hybridized carbons (Fsp3) is 0.188. The number of amides is 1. The van der Waals surface area contributed by atoms with Crippen molar-refractivity contribution >= 4 is 17.3 Å². The van der Waals surface area contributed by atoms with E-state index in [4.69, 9.17) is 5.73 Å². The number of benzene rings is 2. The minimum atomic E-state index is -0.720. The lowest BCUT2D eigenvalue weighted by Gasteiger charge is -2.24. The second-order valence-corrected chi connectivity index (χ2v) is 5.22. The van der Waals surface area contributed by atoms with Crippen molar-refractivity contribution in [2.45, 2.75) is 19.3 Å². The molecule has 104 valence electrons. The summed E-state index contributed by atoms with van der Waals surface area (Å²) in [6.45, 7) is 3.64. The largest absolute Gasteiger partial charge is 0.399 e. The van der Waals surface area contributed by atoms with Gasteiger partial charge < -0.3 is 11.1 Å². The van der Waals surface area contributed by atoms with Crippen LogP contribution >= 0.6 is 0 Å². The maximum absolute atomic E-state index is 13.3. The second-order valence-electron chi connectivity index (χ2n) is 5.22. The Labute approximate surface area is 117 Å². The summed E-state index contributed by atoms with van der Waals surface area (Å²) in [5.74, 6) is -0.688. The van der Waals surface area contributed by atoms with Crippen molar-refractivity contribution in [1.82, 2.24) is 0 Å². The summed E-state index contributed by atoms with van der Waals surface area (Å²) >= 11 is 0. The van der Waals surface area contributed by atoms with Gasteiger partial charge in [0.15, 0.2) is 0 Å². The summed E-state index contributed by atoms with van der Waals surface area (Å²) in [6, 6.07) is 13.4. The molecule has 3 N–H and O–H groups in total. The van der Waals surface area contributed by atoms with Crippen LogP contribution in [0.4, 0.5) is 15.8 Å². The van der Waals surface area contributed by atoms with Crippen LogP contribution in [-0.2, 0) is 10.2 Å². The molecule has 1 amide bonds. The third-order valence-corrected chi connectivity index (χ3v) is 3.24. The maximum Gasteiger partial charge on any atom is 0.234 e. The molecule has 4 heteroatoms. The van der Waals surface area contributed by atoms with Gasteiger partial charge >= 0.3 is 0 Å². The Hall–Kier alpha value is -2.36. The molecule has 0 saturated heterocycles. The van der Waals surface area contributed by atoms with E-state index >= 15 is 0 Å². The van der Waals surface area contributed by atoms with E-state index in [1.807, 2.05) is 44.2 Å². The molecular weight excluding hydrogens is 255 g/mol. The fourth-order valence-corrected chi connectivity index (χ4v) is 1.96. The normalized spacial score (nSPS) is 11.2. The van der Waals surface area contributed by atoms with Gasteiger partial charge in [-0.1, -0.05) is 30.3 Å². The van der Waals surface area contributed by atoms with Gasteiger partial charge in [0, 0.05) is 11.4 Å². The van der Waals surface area contributed by atoms with E-state index in [0.717, 1.165) is 5.56 Å². The van der Waals surface area contributed by atoms with Gasteiger partial charge in [-0.2, -0.15) is 0 Å². The monoisotopic (exact) mass is 272 g/mol. The van der Waals surface area contributed by atoms with E-state index in [1.165, 1.54) is 18.2 Å². The highest BCUT2D eigenvalue weighted by atomic mass is 19.1. The molecule has 2 aromatic rings. The molecule has 0 spiro atoms. The molecule has 0 aliphatic rings. The van der Waals surface area contributed by atoms with E-state index in [0.29, 0.717) is 5.69 Å². The topological polar surface area (TPSA) is 55.1 Å². The Bertz CT molecular complexity index is 603. The van der Waals surface area contributed by atoms with Crippen LogP contribution in [0, 0.1) is 5.82 Å². The molecule has 0 heterocycles. The third kappa shape index (κ3) is 2.96. The van der Waals surface area contributed by atoms with Crippen molar-refractivity contribution in [3.63, 3.8) is 0 Å². The zero-order valence-corrected chi connectivity index (χ0v) is 11.5. The highest BCUT2D eigenvalue weighted by molar-refractivity contribution is 5.98.